The standard InChI is InChI=1S/C24H25FN4S/c1-4-17-14-30-24-27-22(20-10-7-8-12-26-20)23(29(17)24)18-13-15(2)28(16(18)3)21-11-6-5-9-19(21)25/h5-13,17,22-23H,4,14H2,1-3H3/t17-,22+,23+/m1/s1. The number of para-hydroxylation sites is 1. The molecule has 1 aromatic carbocycles. The van der Waals surface area contributed by atoms with Crippen LogP contribution in [0.15, 0.2) is 59.7 Å². The summed E-state index contributed by atoms with van der Waals surface area (Å²) in [5.74, 6) is 0.853. The van der Waals surface area contributed by atoms with Crippen LogP contribution in [0.25, 0.3) is 5.69 Å². The van der Waals surface area contributed by atoms with E-state index in [1.54, 1.807) is 6.07 Å². The van der Waals surface area contributed by atoms with Crippen molar-refractivity contribution in [3.8, 4) is 5.69 Å². The van der Waals surface area contributed by atoms with E-state index in [0.717, 1.165) is 34.4 Å². The second kappa shape index (κ2) is 7.58. The minimum absolute atomic E-state index is 0.0578. The molecule has 30 heavy (non-hydrogen) atoms. The summed E-state index contributed by atoms with van der Waals surface area (Å²) in [6.45, 7) is 6.37. The second-order valence-electron chi connectivity index (χ2n) is 7.95. The van der Waals surface area contributed by atoms with Gasteiger partial charge in [0.15, 0.2) is 5.17 Å². The van der Waals surface area contributed by atoms with Gasteiger partial charge in [-0.15, -0.1) is 0 Å². The average Bonchev–Trinajstić information content (AvgIpc) is 3.41. The van der Waals surface area contributed by atoms with Crippen LogP contribution in [0, 0.1) is 19.7 Å². The first-order chi connectivity index (χ1) is 14.6. The number of halogens is 1. The van der Waals surface area contributed by atoms with Gasteiger partial charge in [-0.1, -0.05) is 36.9 Å². The number of aromatic nitrogens is 2. The highest BCUT2D eigenvalue weighted by Crippen LogP contribution is 2.49. The monoisotopic (exact) mass is 420 g/mol. The Balaban J connectivity index is 1.66. The largest absolute Gasteiger partial charge is 0.338 e. The lowest BCUT2D eigenvalue weighted by atomic mass is 9.95. The van der Waals surface area contributed by atoms with Crippen molar-refractivity contribution >= 4 is 16.9 Å². The fourth-order valence-electron chi connectivity index (χ4n) is 4.78. The van der Waals surface area contributed by atoms with Gasteiger partial charge in [0.25, 0.3) is 0 Å². The van der Waals surface area contributed by atoms with Gasteiger partial charge in [-0.05, 0) is 56.2 Å². The van der Waals surface area contributed by atoms with Gasteiger partial charge in [0.05, 0.1) is 17.4 Å². The zero-order valence-corrected chi connectivity index (χ0v) is 18.2. The van der Waals surface area contributed by atoms with E-state index in [4.69, 9.17) is 4.99 Å². The summed E-state index contributed by atoms with van der Waals surface area (Å²) in [6, 6.07) is 15.7. The smallest absolute Gasteiger partial charge is 0.160 e. The number of aliphatic imine (C=N–C) groups is 1. The van der Waals surface area contributed by atoms with Crippen LogP contribution in [0.3, 0.4) is 0 Å². The van der Waals surface area contributed by atoms with E-state index >= 15 is 0 Å². The summed E-state index contributed by atoms with van der Waals surface area (Å²) < 4.78 is 16.7. The van der Waals surface area contributed by atoms with E-state index in [0.29, 0.717) is 11.7 Å². The molecule has 4 nitrogen and oxygen atoms in total. The van der Waals surface area contributed by atoms with Gasteiger partial charge in [-0.3, -0.25) is 9.98 Å². The molecule has 6 heteroatoms. The zero-order chi connectivity index (χ0) is 20.8. The van der Waals surface area contributed by atoms with Crippen LogP contribution in [0.4, 0.5) is 4.39 Å². The van der Waals surface area contributed by atoms with E-state index in [9.17, 15) is 4.39 Å². The first-order valence-corrected chi connectivity index (χ1v) is 11.4. The Morgan fingerprint density at radius 2 is 1.93 bits per heavy atom. The number of hydrogen-bond donors (Lipinski definition) is 0. The van der Waals surface area contributed by atoms with Gasteiger partial charge in [-0.25, -0.2) is 4.39 Å². The molecule has 0 N–H and O–H groups in total. The maximum atomic E-state index is 14.6. The average molecular weight is 421 g/mol. The zero-order valence-electron chi connectivity index (χ0n) is 17.4. The van der Waals surface area contributed by atoms with E-state index < -0.39 is 0 Å². The number of rotatable bonds is 4. The molecule has 2 aromatic heterocycles. The topological polar surface area (TPSA) is 33.4 Å². The molecular weight excluding hydrogens is 395 g/mol. The highest BCUT2D eigenvalue weighted by molar-refractivity contribution is 8.14. The number of amidine groups is 1. The van der Waals surface area contributed by atoms with Gasteiger partial charge in [0.2, 0.25) is 0 Å². The first kappa shape index (κ1) is 19.4. The summed E-state index contributed by atoms with van der Waals surface area (Å²) in [5, 5.41) is 1.11. The number of benzene rings is 1. The summed E-state index contributed by atoms with van der Waals surface area (Å²) in [7, 11) is 0. The van der Waals surface area contributed by atoms with Gasteiger partial charge < -0.3 is 9.47 Å². The fraction of sp³-hybridized carbons (Fsp3) is 0.333. The van der Waals surface area contributed by atoms with Crippen molar-refractivity contribution < 1.29 is 4.39 Å². The summed E-state index contributed by atoms with van der Waals surface area (Å²) in [5.41, 5.74) is 4.87. The summed E-state index contributed by atoms with van der Waals surface area (Å²) in [6.07, 6.45) is 2.91. The Labute approximate surface area is 180 Å². The molecule has 0 amide bonds. The molecule has 0 spiro atoms. The van der Waals surface area contributed by atoms with Crippen LogP contribution in [0.1, 0.15) is 48.1 Å². The molecule has 0 unspecified atom stereocenters. The van der Waals surface area contributed by atoms with Crippen molar-refractivity contribution in [3.05, 3.63) is 83.2 Å². The summed E-state index contributed by atoms with van der Waals surface area (Å²) >= 11 is 1.84. The lowest BCUT2D eigenvalue weighted by Crippen LogP contribution is -2.35. The van der Waals surface area contributed by atoms with Crippen LogP contribution in [0.5, 0.6) is 0 Å². The minimum atomic E-state index is -0.210. The number of pyridine rings is 1. The Kier molecular flexibility index (Phi) is 4.89. The van der Waals surface area contributed by atoms with E-state index in [1.807, 2.05) is 53.7 Å². The van der Waals surface area contributed by atoms with Crippen LogP contribution in [-0.2, 0) is 0 Å². The van der Waals surface area contributed by atoms with Crippen molar-refractivity contribution in [1.29, 1.82) is 0 Å². The third-order valence-electron chi connectivity index (χ3n) is 6.21. The third-order valence-corrected chi connectivity index (χ3v) is 7.34. The molecule has 0 radical (unpaired) electrons. The molecule has 2 aliphatic heterocycles. The molecule has 0 aliphatic carbocycles. The number of hydrogen-bond acceptors (Lipinski definition) is 4. The molecule has 2 aliphatic rings. The predicted octanol–water partition coefficient (Wildman–Crippen LogP) is 5.61. The van der Waals surface area contributed by atoms with Crippen molar-refractivity contribution in [2.45, 2.75) is 45.3 Å². The van der Waals surface area contributed by atoms with Crippen LogP contribution >= 0.6 is 11.8 Å². The van der Waals surface area contributed by atoms with E-state index in [1.165, 1.54) is 11.6 Å². The maximum Gasteiger partial charge on any atom is 0.160 e. The minimum Gasteiger partial charge on any atom is -0.338 e. The molecule has 3 aromatic rings. The number of fused-ring (bicyclic) bond motifs is 1. The molecule has 4 heterocycles. The van der Waals surface area contributed by atoms with Crippen molar-refractivity contribution in [2.75, 3.05) is 5.75 Å². The second-order valence-corrected chi connectivity index (χ2v) is 8.94. The molecular formula is C24H25FN4S. The van der Waals surface area contributed by atoms with Crippen molar-refractivity contribution in [1.82, 2.24) is 14.5 Å². The number of nitrogens with zero attached hydrogens (tertiary/aromatic N) is 4. The third kappa shape index (κ3) is 2.97. The van der Waals surface area contributed by atoms with Crippen LogP contribution in [-0.4, -0.2) is 31.4 Å². The lowest BCUT2D eigenvalue weighted by molar-refractivity contribution is 0.254. The molecule has 1 fully saturated rings. The Bertz CT molecular complexity index is 1110. The Morgan fingerprint density at radius 1 is 1.13 bits per heavy atom. The molecule has 5 rings (SSSR count). The van der Waals surface area contributed by atoms with Crippen LogP contribution < -0.4 is 0 Å². The lowest BCUT2D eigenvalue weighted by Gasteiger charge is -2.32. The number of thioether (sulfide) groups is 1. The molecule has 1 saturated heterocycles. The first-order valence-electron chi connectivity index (χ1n) is 10.4. The number of aryl methyl sites for hydroxylation is 1. The SMILES string of the molecule is CC[C@@H]1CSC2=N[C@@H](c3ccccn3)[C@H](c3cc(C)n(-c4ccccc4F)c3C)N21. The fourth-order valence-corrected chi connectivity index (χ4v) is 6.12. The van der Waals surface area contributed by atoms with Gasteiger partial charge in [0.1, 0.15) is 11.9 Å². The molecule has 0 saturated carbocycles. The quantitative estimate of drug-likeness (QED) is 0.550. The van der Waals surface area contributed by atoms with Gasteiger partial charge in [-0.2, -0.15) is 0 Å². The Hall–Kier alpha value is -2.60. The normalized spacial score (nSPS) is 23.0. The maximum absolute atomic E-state index is 14.6. The molecule has 3 atom stereocenters. The molecule has 0 bridgehead atoms. The Morgan fingerprint density at radius 3 is 2.67 bits per heavy atom. The highest BCUT2D eigenvalue weighted by Gasteiger charge is 2.46. The summed E-state index contributed by atoms with van der Waals surface area (Å²) in [4.78, 5) is 12.2. The van der Waals surface area contributed by atoms with Gasteiger partial charge in [0, 0.05) is 29.4 Å². The predicted molar refractivity (Wildman–Crippen MR) is 121 cm³/mol. The van der Waals surface area contributed by atoms with Crippen molar-refractivity contribution in [3.63, 3.8) is 0 Å². The molecule has 154 valence electrons. The van der Waals surface area contributed by atoms with Crippen LogP contribution in [0.2, 0.25) is 0 Å². The van der Waals surface area contributed by atoms with Crippen molar-refractivity contribution in [2.24, 2.45) is 4.99 Å². The van der Waals surface area contributed by atoms with Gasteiger partial charge >= 0.3 is 0 Å². The van der Waals surface area contributed by atoms with E-state index in [-0.39, 0.29) is 17.9 Å². The van der Waals surface area contributed by atoms with E-state index in [2.05, 4.69) is 35.9 Å². The highest BCUT2D eigenvalue weighted by atomic mass is 32.2.